The van der Waals surface area contributed by atoms with Crippen LogP contribution in [0.25, 0.3) is 11.0 Å². The van der Waals surface area contributed by atoms with E-state index < -0.39 is 54.1 Å². The van der Waals surface area contributed by atoms with Crippen molar-refractivity contribution in [1.29, 1.82) is 0 Å². The predicted octanol–water partition coefficient (Wildman–Crippen LogP) is 3.02. The van der Waals surface area contributed by atoms with Crippen molar-refractivity contribution in [1.82, 2.24) is 24.8 Å². The monoisotopic (exact) mass is 599 g/mol. The minimum absolute atomic E-state index is 0.0535. The van der Waals surface area contributed by atoms with Gasteiger partial charge in [0.25, 0.3) is 0 Å². The summed E-state index contributed by atoms with van der Waals surface area (Å²) in [7, 11) is 0. The number of amides is 2. The average Bonchev–Trinajstić information content (AvgIpc) is 3.80. The van der Waals surface area contributed by atoms with Gasteiger partial charge in [-0.25, -0.2) is 4.68 Å². The van der Waals surface area contributed by atoms with Gasteiger partial charge in [-0.3, -0.25) is 14.4 Å². The Hall–Kier alpha value is -4.35. The van der Waals surface area contributed by atoms with E-state index in [4.69, 9.17) is 9.47 Å². The van der Waals surface area contributed by atoms with Crippen molar-refractivity contribution in [3.05, 3.63) is 85.5 Å². The fourth-order valence-corrected chi connectivity index (χ4v) is 7.23. The molecule has 6 atom stereocenters. The van der Waals surface area contributed by atoms with Gasteiger partial charge in [0.2, 0.25) is 11.8 Å². The number of fused-ring (bicyclic) bond motifs is 2. The minimum atomic E-state index is -1.25. The van der Waals surface area contributed by atoms with Gasteiger partial charge in [0.05, 0.1) is 42.7 Å². The highest BCUT2D eigenvalue weighted by molar-refractivity contribution is 5.98. The summed E-state index contributed by atoms with van der Waals surface area (Å²) in [6, 6.07) is 14.6. The first kappa shape index (κ1) is 29.7. The third-order valence-electron chi connectivity index (χ3n) is 9.12. The first-order chi connectivity index (χ1) is 21.4. The van der Waals surface area contributed by atoms with Gasteiger partial charge in [-0.1, -0.05) is 59.8 Å². The molecule has 1 aromatic heterocycles. The van der Waals surface area contributed by atoms with Crippen LogP contribution < -0.4 is 0 Å². The van der Waals surface area contributed by atoms with Gasteiger partial charge in [-0.2, -0.15) is 0 Å². The molecule has 230 valence electrons. The SMILES string of the molecule is C=CCCCOC(=O)[C@@H]1[C@H]2C(=O)N([C@H](CO)c3ccccc3)C(C(=O)N(CC=C)Cn3nnc4ccccc43)C23CC[C@H]1O3. The summed E-state index contributed by atoms with van der Waals surface area (Å²) in [6.07, 6.45) is 5.09. The number of para-hydroxylation sites is 1. The summed E-state index contributed by atoms with van der Waals surface area (Å²) < 4.78 is 13.8. The van der Waals surface area contributed by atoms with Gasteiger partial charge < -0.3 is 24.4 Å². The number of aliphatic hydroxyl groups is 1. The van der Waals surface area contributed by atoms with Crippen molar-refractivity contribution >= 4 is 28.8 Å². The molecule has 2 bridgehead atoms. The van der Waals surface area contributed by atoms with Crippen LogP contribution in [0.3, 0.4) is 0 Å². The third kappa shape index (κ3) is 4.89. The maximum atomic E-state index is 14.8. The molecule has 0 radical (unpaired) electrons. The summed E-state index contributed by atoms with van der Waals surface area (Å²) in [5.74, 6) is -3.04. The van der Waals surface area contributed by atoms with Crippen LogP contribution in [-0.2, 0) is 30.5 Å². The number of aliphatic hydroxyl groups excluding tert-OH is 1. The van der Waals surface area contributed by atoms with Gasteiger partial charge in [-0.05, 0) is 43.4 Å². The number of rotatable bonds is 13. The summed E-state index contributed by atoms with van der Waals surface area (Å²) in [5.41, 5.74) is 0.856. The molecular formula is C33H37N5O6. The first-order valence-electron chi connectivity index (χ1n) is 15.1. The maximum Gasteiger partial charge on any atom is 0.312 e. The number of esters is 1. The van der Waals surface area contributed by atoms with Gasteiger partial charge >= 0.3 is 5.97 Å². The van der Waals surface area contributed by atoms with Crippen molar-refractivity contribution < 1.29 is 29.0 Å². The van der Waals surface area contributed by atoms with Gasteiger partial charge in [0.15, 0.2) is 0 Å². The molecule has 0 aliphatic carbocycles. The van der Waals surface area contributed by atoms with E-state index in [1.165, 1.54) is 4.90 Å². The summed E-state index contributed by atoms with van der Waals surface area (Å²) >= 11 is 0. The van der Waals surface area contributed by atoms with Crippen LogP contribution in [0.15, 0.2) is 79.9 Å². The van der Waals surface area contributed by atoms with Gasteiger partial charge in [0, 0.05) is 6.54 Å². The quantitative estimate of drug-likeness (QED) is 0.181. The largest absolute Gasteiger partial charge is 0.465 e. The number of unbranched alkanes of at least 4 members (excludes halogenated alkanes) is 1. The van der Waals surface area contributed by atoms with Crippen LogP contribution in [0.1, 0.15) is 37.3 Å². The molecule has 2 aromatic carbocycles. The van der Waals surface area contributed by atoms with Crippen LogP contribution >= 0.6 is 0 Å². The normalized spacial score (nSPS) is 26.0. The zero-order valence-corrected chi connectivity index (χ0v) is 24.5. The molecule has 3 aliphatic heterocycles. The molecule has 2 unspecified atom stereocenters. The van der Waals surface area contributed by atoms with Crippen molar-refractivity contribution in [2.24, 2.45) is 11.8 Å². The Labute approximate surface area is 255 Å². The number of hydrogen-bond acceptors (Lipinski definition) is 8. The van der Waals surface area contributed by atoms with Crippen molar-refractivity contribution in [3.63, 3.8) is 0 Å². The zero-order chi connectivity index (χ0) is 30.8. The Morgan fingerprint density at radius 3 is 2.68 bits per heavy atom. The molecule has 1 N–H and O–H groups in total. The minimum Gasteiger partial charge on any atom is -0.465 e. The van der Waals surface area contributed by atoms with Crippen molar-refractivity contribution in [2.45, 2.75) is 56.1 Å². The number of likely N-dealkylation sites (tertiary alicyclic amines) is 1. The molecule has 3 aliphatic rings. The molecular weight excluding hydrogens is 562 g/mol. The summed E-state index contributed by atoms with van der Waals surface area (Å²) in [5, 5.41) is 19.2. The molecule has 11 nitrogen and oxygen atoms in total. The van der Waals surface area contributed by atoms with E-state index >= 15 is 0 Å². The summed E-state index contributed by atoms with van der Waals surface area (Å²) in [6.45, 7) is 7.57. The number of allylic oxidation sites excluding steroid dienone is 1. The smallest absolute Gasteiger partial charge is 0.312 e. The highest BCUT2D eigenvalue weighted by Gasteiger charge is 2.75. The van der Waals surface area contributed by atoms with Crippen LogP contribution in [0, 0.1) is 11.8 Å². The standard InChI is InChI=1S/C33H37N5O6/c1-3-5-11-19-43-32(42)27-26-16-17-33(44-26)28(27)30(40)38(25(20-39)22-12-7-6-8-13-22)29(33)31(41)36(18-4-2)21-37-24-15-10-9-14-23(24)34-35-37/h3-4,6-10,12-15,25-29,39H,1-2,5,11,16-21H2/t25-,26-,27+,28+,29?,33?/m1/s1. The predicted molar refractivity (Wildman–Crippen MR) is 161 cm³/mol. The number of nitrogens with zero attached hydrogens (tertiary/aromatic N) is 5. The molecule has 2 amide bonds. The van der Waals surface area contributed by atoms with Gasteiger partial charge in [0.1, 0.15) is 23.8 Å². The highest BCUT2D eigenvalue weighted by atomic mass is 16.6. The maximum absolute atomic E-state index is 14.8. The third-order valence-corrected chi connectivity index (χ3v) is 9.12. The van der Waals surface area contributed by atoms with E-state index in [0.29, 0.717) is 36.8 Å². The fourth-order valence-electron chi connectivity index (χ4n) is 7.23. The second-order valence-corrected chi connectivity index (χ2v) is 11.6. The number of ether oxygens (including phenoxy) is 2. The van der Waals surface area contributed by atoms with Crippen LogP contribution in [0.4, 0.5) is 0 Å². The molecule has 1 spiro atoms. The topological polar surface area (TPSA) is 127 Å². The van der Waals surface area contributed by atoms with Crippen LogP contribution in [-0.4, -0.2) is 85.2 Å². The molecule has 3 saturated heterocycles. The van der Waals surface area contributed by atoms with E-state index in [-0.39, 0.29) is 25.7 Å². The van der Waals surface area contributed by atoms with Crippen LogP contribution in [0.5, 0.6) is 0 Å². The van der Waals surface area contributed by atoms with E-state index in [1.54, 1.807) is 21.7 Å². The Morgan fingerprint density at radius 2 is 1.93 bits per heavy atom. The lowest BCUT2D eigenvalue weighted by molar-refractivity contribution is -0.157. The molecule has 3 aromatic rings. The molecule has 44 heavy (non-hydrogen) atoms. The van der Waals surface area contributed by atoms with Crippen LogP contribution in [0.2, 0.25) is 0 Å². The van der Waals surface area contributed by atoms with E-state index in [2.05, 4.69) is 23.5 Å². The Bertz CT molecular complexity index is 1560. The second kappa shape index (κ2) is 12.3. The summed E-state index contributed by atoms with van der Waals surface area (Å²) in [4.78, 5) is 45.8. The Balaban J connectivity index is 1.39. The molecule has 11 heteroatoms. The Kier molecular flexibility index (Phi) is 8.33. The number of hydrogen-bond donors (Lipinski definition) is 1. The Morgan fingerprint density at radius 1 is 1.16 bits per heavy atom. The number of aromatic nitrogens is 3. The van der Waals surface area contributed by atoms with E-state index in [0.717, 1.165) is 5.52 Å². The lowest BCUT2D eigenvalue weighted by Crippen LogP contribution is -2.57. The lowest BCUT2D eigenvalue weighted by atomic mass is 9.70. The molecule has 4 heterocycles. The number of carbonyl (C=O) groups excluding carboxylic acids is 3. The zero-order valence-electron chi connectivity index (χ0n) is 24.5. The number of carbonyl (C=O) groups is 3. The molecule has 3 fully saturated rings. The highest BCUT2D eigenvalue weighted by Crippen LogP contribution is 2.60. The second-order valence-electron chi connectivity index (χ2n) is 11.6. The lowest BCUT2D eigenvalue weighted by Gasteiger charge is -2.39. The fraction of sp³-hybridized carbons (Fsp3) is 0.424. The van der Waals surface area contributed by atoms with Crippen molar-refractivity contribution in [3.8, 4) is 0 Å². The molecule has 0 saturated carbocycles. The van der Waals surface area contributed by atoms with Crippen molar-refractivity contribution in [2.75, 3.05) is 19.8 Å². The van der Waals surface area contributed by atoms with E-state index in [9.17, 15) is 19.5 Å². The van der Waals surface area contributed by atoms with E-state index in [1.807, 2.05) is 54.6 Å². The molecule has 6 rings (SSSR count). The van der Waals surface area contributed by atoms with Gasteiger partial charge in [-0.15, -0.1) is 18.3 Å². The first-order valence-corrected chi connectivity index (χ1v) is 15.1. The average molecular weight is 600 g/mol. The number of benzene rings is 2.